The molecular formula is C16H21ClN4O2. The van der Waals surface area contributed by atoms with Crippen LogP contribution in [0.5, 0.6) is 0 Å². The summed E-state index contributed by atoms with van der Waals surface area (Å²) in [5.41, 5.74) is 6.83. The molecule has 1 aliphatic carbocycles. The molecule has 3 rings (SSSR count). The van der Waals surface area contributed by atoms with Gasteiger partial charge in [0.1, 0.15) is 0 Å². The minimum absolute atomic E-state index is 0.127. The summed E-state index contributed by atoms with van der Waals surface area (Å²) >= 11 is 6.19. The summed E-state index contributed by atoms with van der Waals surface area (Å²) in [5.74, 6) is 0.197. The first-order chi connectivity index (χ1) is 11.1. The standard InChI is InChI=1S/C16H21ClN4O2/c17-12-5-4-10(8-14(12)21-7-6-19-16(21)23)15(22)20-13-3-1-2-11(13)9-18/h4-5,8,11,13H,1-3,6-7,9,18H2,(H,19,23)(H,20,22). The number of nitrogens with zero attached hydrogens (tertiary/aromatic N) is 1. The molecule has 1 aromatic carbocycles. The summed E-state index contributed by atoms with van der Waals surface area (Å²) in [6, 6.07) is 4.95. The number of nitrogens with one attached hydrogen (secondary N) is 2. The van der Waals surface area contributed by atoms with E-state index in [2.05, 4.69) is 10.6 Å². The van der Waals surface area contributed by atoms with Crippen molar-refractivity contribution in [1.29, 1.82) is 0 Å². The molecule has 2 aliphatic rings. The minimum Gasteiger partial charge on any atom is -0.349 e. The Balaban J connectivity index is 1.77. The van der Waals surface area contributed by atoms with E-state index >= 15 is 0 Å². The number of hydrogen-bond acceptors (Lipinski definition) is 3. The molecule has 2 atom stereocenters. The van der Waals surface area contributed by atoms with Crippen LogP contribution in [-0.4, -0.2) is 37.6 Å². The Bertz CT molecular complexity index is 622. The average Bonchev–Trinajstić information content (AvgIpc) is 3.16. The monoisotopic (exact) mass is 336 g/mol. The van der Waals surface area contributed by atoms with Crippen LogP contribution < -0.4 is 21.3 Å². The molecule has 1 aliphatic heterocycles. The predicted octanol–water partition coefficient (Wildman–Crippen LogP) is 1.73. The van der Waals surface area contributed by atoms with Crippen molar-refractivity contribution in [3.8, 4) is 0 Å². The molecule has 1 saturated carbocycles. The lowest BCUT2D eigenvalue weighted by atomic mass is 10.0. The Kier molecular flexibility index (Phi) is 4.73. The van der Waals surface area contributed by atoms with E-state index in [4.69, 9.17) is 17.3 Å². The van der Waals surface area contributed by atoms with Gasteiger partial charge in [-0.2, -0.15) is 0 Å². The molecule has 0 spiro atoms. The zero-order valence-corrected chi connectivity index (χ0v) is 13.6. The first-order valence-corrected chi connectivity index (χ1v) is 8.34. The van der Waals surface area contributed by atoms with Gasteiger partial charge in [0.2, 0.25) is 0 Å². The third-order valence-corrected chi connectivity index (χ3v) is 4.95. The summed E-state index contributed by atoms with van der Waals surface area (Å²) in [5, 5.41) is 6.25. The highest BCUT2D eigenvalue weighted by molar-refractivity contribution is 6.34. The number of halogens is 1. The second-order valence-corrected chi connectivity index (χ2v) is 6.46. The Morgan fingerprint density at radius 2 is 2.26 bits per heavy atom. The number of benzene rings is 1. The number of carbonyl (C=O) groups excluding carboxylic acids is 2. The van der Waals surface area contributed by atoms with E-state index < -0.39 is 0 Å². The molecule has 124 valence electrons. The van der Waals surface area contributed by atoms with Crippen LogP contribution in [0.3, 0.4) is 0 Å². The first kappa shape index (κ1) is 16.1. The molecule has 2 fully saturated rings. The van der Waals surface area contributed by atoms with Gasteiger partial charge in [0.25, 0.3) is 5.91 Å². The minimum atomic E-state index is -0.191. The van der Waals surface area contributed by atoms with Crippen molar-refractivity contribution >= 4 is 29.2 Å². The van der Waals surface area contributed by atoms with E-state index in [0.717, 1.165) is 19.3 Å². The van der Waals surface area contributed by atoms with Crippen molar-refractivity contribution in [3.63, 3.8) is 0 Å². The van der Waals surface area contributed by atoms with Crippen molar-refractivity contribution in [2.75, 3.05) is 24.5 Å². The molecule has 3 amide bonds. The summed E-state index contributed by atoms with van der Waals surface area (Å²) in [6.07, 6.45) is 3.11. The maximum Gasteiger partial charge on any atom is 0.322 e. The maximum absolute atomic E-state index is 12.5. The van der Waals surface area contributed by atoms with Gasteiger partial charge in [-0.05, 0) is 43.5 Å². The van der Waals surface area contributed by atoms with Crippen molar-refractivity contribution in [1.82, 2.24) is 10.6 Å². The lowest BCUT2D eigenvalue weighted by Crippen LogP contribution is -2.40. The molecule has 0 aromatic heterocycles. The molecule has 1 saturated heterocycles. The number of amides is 3. The van der Waals surface area contributed by atoms with Gasteiger partial charge >= 0.3 is 6.03 Å². The molecule has 6 nitrogen and oxygen atoms in total. The number of urea groups is 1. The summed E-state index contributed by atoms with van der Waals surface area (Å²) in [6.45, 7) is 1.71. The Morgan fingerprint density at radius 1 is 1.43 bits per heavy atom. The fourth-order valence-corrected chi connectivity index (χ4v) is 3.54. The Labute approximate surface area is 140 Å². The molecule has 0 bridgehead atoms. The fourth-order valence-electron chi connectivity index (χ4n) is 3.32. The SMILES string of the molecule is NCC1CCCC1NC(=O)c1ccc(Cl)c(N2CCNC2=O)c1. The van der Waals surface area contributed by atoms with Crippen LogP contribution >= 0.6 is 11.6 Å². The van der Waals surface area contributed by atoms with Crippen molar-refractivity contribution in [2.45, 2.75) is 25.3 Å². The third kappa shape index (κ3) is 3.28. The lowest BCUT2D eigenvalue weighted by Gasteiger charge is -2.21. The molecule has 4 N–H and O–H groups in total. The second-order valence-electron chi connectivity index (χ2n) is 6.06. The lowest BCUT2D eigenvalue weighted by molar-refractivity contribution is 0.0928. The topological polar surface area (TPSA) is 87.5 Å². The fraction of sp³-hybridized carbons (Fsp3) is 0.500. The molecular weight excluding hydrogens is 316 g/mol. The zero-order valence-electron chi connectivity index (χ0n) is 12.8. The van der Waals surface area contributed by atoms with Gasteiger partial charge in [0, 0.05) is 24.7 Å². The van der Waals surface area contributed by atoms with Gasteiger partial charge in [0.05, 0.1) is 10.7 Å². The molecule has 7 heteroatoms. The molecule has 1 heterocycles. The van der Waals surface area contributed by atoms with E-state index in [1.807, 2.05) is 0 Å². The largest absolute Gasteiger partial charge is 0.349 e. The van der Waals surface area contributed by atoms with E-state index in [9.17, 15) is 9.59 Å². The summed E-state index contributed by atoms with van der Waals surface area (Å²) in [7, 11) is 0. The average molecular weight is 337 g/mol. The van der Waals surface area contributed by atoms with Crippen LogP contribution in [-0.2, 0) is 0 Å². The molecule has 1 aromatic rings. The summed E-state index contributed by atoms with van der Waals surface area (Å²) < 4.78 is 0. The van der Waals surface area contributed by atoms with E-state index in [1.165, 1.54) is 0 Å². The molecule has 2 unspecified atom stereocenters. The van der Waals surface area contributed by atoms with Crippen LogP contribution in [0.2, 0.25) is 5.02 Å². The quantitative estimate of drug-likeness (QED) is 0.782. The van der Waals surface area contributed by atoms with Gasteiger partial charge < -0.3 is 16.4 Å². The van der Waals surface area contributed by atoms with Crippen molar-refractivity contribution in [2.24, 2.45) is 11.7 Å². The van der Waals surface area contributed by atoms with Crippen LogP contribution in [0.1, 0.15) is 29.6 Å². The maximum atomic E-state index is 12.5. The smallest absolute Gasteiger partial charge is 0.322 e. The van der Waals surface area contributed by atoms with Crippen LogP contribution in [0.15, 0.2) is 18.2 Å². The van der Waals surface area contributed by atoms with Crippen LogP contribution in [0.25, 0.3) is 0 Å². The van der Waals surface area contributed by atoms with E-state index in [1.54, 1.807) is 23.1 Å². The summed E-state index contributed by atoms with van der Waals surface area (Å²) in [4.78, 5) is 25.9. The number of nitrogens with two attached hydrogens (primary N) is 1. The van der Waals surface area contributed by atoms with Crippen molar-refractivity contribution < 1.29 is 9.59 Å². The van der Waals surface area contributed by atoms with Gasteiger partial charge in [-0.1, -0.05) is 18.0 Å². The van der Waals surface area contributed by atoms with Gasteiger partial charge in [0.15, 0.2) is 0 Å². The van der Waals surface area contributed by atoms with E-state index in [0.29, 0.717) is 41.8 Å². The second kappa shape index (κ2) is 6.76. The zero-order chi connectivity index (χ0) is 16.4. The normalized spacial score (nSPS) is 23.9. The third-order valence-electron chi connectivity index (χ3n) is 4.63. The molecule has 23 heavy (non-hydrogen) atoms. The van der Waals surface area contributed by atoms with Crippen LogP contribution in [0.4, 0.5) is 10.5 Å². The van der Waals surface area contributed by atoms with Gasteiger partial charge in [-0.3, -0.25) is 9.69 Å². The first-order valence-electron chi connectivity index (χ1n) is 7.96. The highest BCUT2D eigenvalue weighted by atomic mass is 35.5. The molecule has 0 radical (unpaired) electrons. The Hall–Kier alpha value is -1.79. The van der Waals surface area contributed by atoms with Crippen LogP contribution in [0, 0.1) is 5.92 Å². The van der Waals surface area contributed by atoms with Gasteiger partial charge in [-0.15, -0.1) is 0 Å². The predicted molar refractivity (Wildman–Crippen MR) is 89.8 cm³/mol. The highest BCUT2D eigenvalue weighted by Crippen LogP contribution is 2.29. The Morgan fingerprint density at radius 3 is 2.96 bits per heavy atom. The van der Waals surface area contributed by atoms with Crippen molar-refractivity contribution in [3.05, 3.63) is 28.8 Å². The highest BCUT2D eigenvalue weighted by Gasteiger charge is 2.28. The number of carbonyl (C=O) groups is 2. The number of anilines is 1. The number of rotatable bonds is 4. The van der Waals surface area contributed by atoms with Gasteiger partial charge in [-0.25, -0.2) is 4.79 Å². The number of hydrogen-bond donors (Lipinski definition) is 3. The van der Waals surface area contributed by atoms with E-state index in [-0.39, 0.29) is 18.0 Å².